The predicted molar refractivity (Wildman–Crippen MR) is 112 cm³/mol. The first-order valence-corrected chi connectivity index (χ1v) is 10.3. The van der Waals surface area contributed by atoms with Crippen molar-refractivity contribution >= 4 is 49.3 Å². The Balaban J connectivity index is 1.83. The van der Waals surface area contributed by atoms with Gasteiger partial charge in [0.15, 0.2) is 10.6 Å². The lowest BCUT2D eigenvalue weighted by molar-refractivity contribution is 0.0971. The van der Waals surface area contributed by atoms with Gasteiger partial charge in [-0.2, -0.15) is 0 Å². The summed E-state index contributed by atoms with van der Waals surface area (Å²) in [6.07, 6.45) is 1.64. The minimum Gasteiger partial charge on any atom is -0.450 e. The van der Waals surface area contributed by atoms with E-state index in [1.807, 2.05) is 37.3 Å². The van der Waals surface area contributed by atoms with Crippen molar-refractivity contribution in [3.8, 4) is 0 Å². The van der Waals surface area contributed by atoms with Crippen LogP contribution >= 0.6 is 27.3 Å². The SMILES string of the molecule is Cc1ccc2oc3c(c(=O)c2c1)C(c1ccc(Br)cc1)N(c1nccs1)C3=O. The molecule has 1 aliphatic rings. The van der Waals surface area contributed by atoms with Crippen molar-refractivity contribution in [1.82, 2.24) is 4.98 Å². The highest BCUT2D eigenvalue weighted by Gasteiger charge is 2.44. The van der Waals surface area contributed by atoms with Gasteiger partial charge in [0.25, 0.3) is 5.91 Å². The highest BCUT2D eigenvalue weighted by Crippen LogP contribution is 2.42. The second kappa shape index (κ2) is 6.39. The Bertz CT molecular complexity index is 1280. The number of carbonyl (C=O) groups excluding carboxylic acids is 1. The van der Waals surface area contributed by atoms with Crippen molar-refractivity contribution in [2.24, 2.45) is 0 Å². The molecule has 1 amide bonds. The van der Waals surface area contributed by atoms with Crippen LogP contribution in [0.1, 0.15) is 33.3 Å². The van der Waals surface area contributed by atoms with Gasteiger partial charge >= 0.3 is 0 Å². The summed E-state index contributed by atoms with van der Waals surface area (Å²) in [6, 6.07) is 12.4. The number of benzene rings is 2. The summed E-state index contributed by atoms with van der Waals surface area (Å²) < 4.78 is 6.85. The van der Waals surface area contributed by atoms with Crippen LogP contribution in [0.2, 0.25) is 0 Å². The third-order valence-corrected chi connectivity index (χ3v) is 6.14. The lowest BCUT2D eigenvalue weighted by Crippen LogP contribution is -2.29. The maximum atomic E-state index is 13.4. The number of aryl methyl sites for hydroxylation is 1. The van der Waals surface area contributed by atoms with Crippen molar-refractivity contribution in [1.29, 1.82) is 0 Å². The van der Waals surface area contributed by atoms with Gasteiger partial charge in [-0.1, -0.05) is 39.7 Å². The zero-order valence-electron chi connectivity index (χ0n) is 14.7. The fourth-order valence-electron chi connectivity index (χ4n) is 3.58. The molecular weight excluding hydrogens is 440 g/mol. The quantitative estimate of drug-likeness (QED) is 0.425. The molecule has 1 aliphatic heterocycles. The number of carbonyl (C=O) groups is 1. The van der Waals surface area contributed by atoms with E-state index in [1.54, 1.807) is 28.6 Å². The average Bonchev–Trinajstić information content (AvgIpc) is 3.30. The average molecular weight is 453 g/mol. The molecule has 3 heterocycles. The molecule has 1 atom stereocenters. The Morgan fingerprint density at radius 1 is 1.14 bits per heavy atom. The fourth-order valence-corrected chi connectivity index (χ4v) is 4.51. The van der Waals surface area contributed by atoms with Gasteiger partial charge in [-0.05, 0) is 36.8 Å². The molecule has 0 N–H and O–H groups in total. The molecule has 0 saturated carbocycles. The molecule has 0 aliphatic carbocycles. The van der Waals surface area contributed by atoms with Crippen LogP contribution in [0.3, 0.4) is 0 Å². The van der Waals surface area contributed by atoms with Crippen molar-refractivity contribution in [2.45, 2.75) is 13.0 Å². The number of amides is 1. The second-order valence-corrected chi connectivity index (χ2v) is 8.41. The predicted octanol–water partition coefficient (Wildman–Crippen LogP) is 5.07. The molecule has 2 aromatic carbocycles. The Morgan fingerprint density at radius 2 is 1.93 bits per heavy atom. The first-order chi connectivity index (χ1) is 13.5. The van der Waals surface area contributed by atoms with E-state index in [0.717, 1.165) is 15.6 Å². The van der Waals surface area contributed by atoms with Crippen molar-refractivity contribution < 1.29 is 9.21 Å². The normalized spacial score (nSPS) is 16.0. The molecule has 4 aromatic rings. The molecule has 0 saturated heterocycles. The molecule has 0 spiro atoms. The molecule has 138 valence electrons. The third-order valence-electron chi connectivity index (χ3n) is 4.84. The number of thiazole rings is 1. The van der Waals surface area contributed by atoms with Gasteiger partial charge in [0.1, 0.15) is 5.58 Å². The number of hydrogen-bond donors (Lipinski definition) is 0. The standard InChI is InChI=1S/C21H13BrN2O3S/c1-11-2-7-15-14(10-11)18(25)16-17(12-3-5-13(22)6-4-12)24(20(26)19(16)27-15)21-23-8-9-28-21/h2-10,17H,1H3. The van der Waals surface area contributed by atoms with E-state index in [-0.39, 0.29) is 17.1 Å². The van der Waals surface area contributed by atoms with Gasteiger partial charge in [-0.25, -0.2) is 4.98 Å². The minimum atomic E-state index is -0.581. The Hall–Kier alpha value is -2.77. The lowest BCUT2D eigenvalue weighted by Gasteiger charge is -2.22. The van der Waals surface area contributed by atoms with Gasteiger partial charge in [0, 0.05) is 16.0 Å². The topological polar surface area (TPSA) is 63.4 Å². The van der Waals surface area contributed by atoms with Crippen molar-refractivity contribution in [2.75, 3.05) is 4.90 Å². The zero-order valence-corrected chi connectivity index (χ0v) is 17.1. The first-order valence-electron chi connectivity index (χ1n) is 8.60. The van der Waals surface area contributed by atoms with E-state index in [2.05, 4.69) is 20.9 Å². The Morgan fingerprint density at radius 3 is 2.64 bits per heavy atom. The van der Waals surface area contributed by atoms with Crippen LogP contribution in [-0.4, -0.2) is 10.9 Å². The molecule has 0 fully saturated rings. The Labute approximate surface area is 172 Å². The van der Waals surface area contributed by atoms with Crippen molar-refractivity contribution in [3.63, 3.8) is 0 Å². The van der Waals surface area contributed by atoms with Crippen LogP contribution in [0.5, 0.6) is 0 Å². The van der Waals surface area contributed by atoms with Gasteiger partial charge in [-0.15, -0.1) is 11.3 Å². The summed E-state index contributed by atoms with van der Waals surface area (Å²) in [5, 5.41) is 2.82. The molecule has 28 heavy (non-hydrogen) atoms. The summed E-state index contributed by atoms with van der Waals surface area (Å²) >= 11 is 4.79. The fraction of sp³-hybridized carbons (Fsp3) is 0.0952. The van der Waals surface area contributed by atoms with E-state index < -0.39 is 6.04 Å². The summed E-state index contributed by atoms with van der Waals surface area (Å²) in [5.41, 5.74) is 2.38. The molecule has 5 rings (SSSR count). The van der Waals surface area contributed by atoms with Crippen LogP contribution in [0.25, 0.3) is 11.0 Å². The lowest BCUT2D eigenvalue weighted by atomic mass is 9.98. The molecule has 2 aromatic heterocycles. The number of nitrogens with zero attached hydrogens (tertiary/aromatic N) is 2. The molecule has 0 radical (unpaired) electrons. The number of fused-ring (bicyclic) bond motifs is 2. The maximum Gasteiger partial charge on any atom is 0.297 e. The molecule has 1 unspecified atom stereocenters. The second-order valence-electron chi connectivity index (χ2n) is 6.62. The van der Waals surface area contributed by atoms with Gasteiger partial charge in [0.2, 0.25) is 5.76 Å². The third kappa shape index (κ3) is 2.54. The largest absolute Gasteiger partial charge is 0.450 e. The first kappa shape index (κ1) is 17.3. The monoisotopic (exact) mass is 452 g/mol. The summed E-state index contributed by atoms with van der Waals surface area (Å²) in [6.45, 7) is 1.92. The molecule has 0 bridgehead atoms. The van der Waals surface area contributed by atoms with Gasteiger partial charge in [-0.3, -0.25) is 14.5 Å². The van der Waals surface area contributed by atoms with E-state index in [1.165, 1.54) is 11.3 Å². The van der Waals surface area contributed by atoms with Crippen LogP contribution < -0.4 is 10.3 Å². The van der Waals surface area contributed by atoms with E-state index in [4.69, 9.17) is 4.42 Å². The summed E-state index contributed by atoms with van der Waals surface area (Å²) in [7, 11) is 0. The van der Waals surface area contributed by atoms with E-state index >= 15 is 0 Å². The summed E-state index contributed by atoms with van der Waals surface area (Å²) in [4.78, 5) is 32.5. The van der Waals surface area contributed by atoms with Gasteiger partial charge in [0.05, 0.1) is 17.0 Å². The highest BCUT2D eigenvalue weighted by atomic mass is 79.9. The Kier molecular flexibility index (Phi) is 3.96. The highest BCUT2D eigenvalue weighted by molar-refractivity contribution is 9.10. The van der Waals surface area contributed by atoms with Crippen LogP contribution in [0.4, 0.5) is 5.13 Å². The van der Waals surface area contributed by atoms with Crippen LogP contribution in [0.15, 0.2) is 67.7 Å². The summed E-state index contributed by atoms with van der Waals surface area (Å²) in [5.74, 6) is -0.262. The van der Waals surface area contributed by atoms with Crippen LogP contribution in [-0.2, 0) is 0 Å². The zero-order chi connectivity index (χ0) is 19.4. The minimum absolute atomic E-state index is 0.0875. The number of aromatic nitrogens is 1. The van der Waals surface area contributed by atoms with E-state index in [9.17, 15) is 9.59 Å². The number of hydrogen-bond acceptors (Lipinski definition) is 5. The molecular formula is C21H13BrN2O3S. The van der Waals surface area contributed by atoms with E-state index in [0.29, 0.717) is 21.7 Å². The van der Waals surface area contributed by atoms with Gasteiger partial charge < -0.3 is 4.42 Å². The maximum absolute atomic E-state index is 13.4. The molecule has 7 heteroatoms. The number of halogens is 1. The molecule has 5 nitrogen and oxygen atoms in total. The number of rotatable bonds is 2. The van der Waals surface area contributed by atoms with Crippen molar-refractivity contribution in [3.05, 3.63) is 91.2 Å². The number of anilines is 1. The van der Waals surface area contributed by atoms with Crippen LogP contribution in [0, 0.1) is 6.92 Å². The smallest absolute Gasteiger partial charge is 0.297 e.